The monoisotopic (exact) mass is 407 g/mol. The summed E-state index contributed by atoms with van der Waals surface area (Å²) >= 11 is 12.3. The van der Waals surface area contributed by atoms with Gasteiger partial charge in [0.1, 0.15) is 6.04 Å². The number of nitrogens with one attached hydrogen (secondary N) is 2. The van der Waals surface area contributed by atoms with E-state index in [0.717, 1.165) is 0 Å². The van der Waals surface area contributed by atoms with E-state index < -0.39 is 11.9 Å². The van der Waals surface area contributed by atoms with Crippen molar-refractivity contribution < 1.29 is 14.3 Å². The molecule has 0 bridgehead atoms. The molecule has 0 aromatic heterocycles. The molecule has 2 aromatic carbocycles. The van der Waals surface area contributed by atoms with E-state index in [1.165, 1.54) is 0 Å². The van der Waals surface area contributed by atoms with Gasteiger partial charge in [-0.15, -0.1) is 0 Å². The Balaban J connectivity index is 1.77. The van der Waals surface area contributed by atoms with Gasteiger partial charge in [0, 0.05) is 28.7 Å². The van der Waals surface area contributed by atoms with Crippen molar-refractivity contribution in [2.24, 2.45) is 0 Å². The highest BCUT2D eigenvalue weighted by Crippen LogP contribution is 2.30. The van der Waals surface area contributed by atoms with Crippen molar-refractivity contribution in [3.8, 4) is 0 Å². The molecular formula is C19H19Cl2N3O3. The molecule has 1 heterocycles. The largest absolute Gasteiger partial charge is 0.379 e. The van der Waals surface area contributed by atoms with E-state index >= 15 is 0 Å². The lowest BCUT2D eigenvalue weighted by Crippen LogP contribution is -2.50. The van der Waals surface area contributed by atoms with Gasteiger partial charge in [0.15, 0.2) is 0 Å². The lowest BCUT2D eigenvalue weighted by molar-refractivity contribution is -0.129. The Morgan fingerprint density at radius 3 is 2.37 bits per heavy atom. The topological polar surface area (TPSA) is 70.7 Å². The van der Waals surface area contributed by atoms with Crippen LogP contribution in [-0.4, -0.2) is 43.0 Å². The van der Waals surface area contributed by atoms with Gasteiger partial charge in [-0.2, -0.15) is 0 Å². The van der Waals surface area contributed by atoms with Crippen LogP contribution in [0.15, 0.2) is 48.5 Å². The van der Waals surface area contributed by atoms with Gasteiger partial charge < -0.3 is 4.74 Å². The fourth-order valence-electron chi connectivity index (χ4n) is 2.91. The second kappa shape index (κ2) is 9.19. The minimum atomic E-state index is -0.672. The Morgan fingerprint density at radius 2 is 1.70 bits per heavy atom. The number of morpholine rings is 1. The number of hydrogen-bond donors (Lipinski definition) is 2. The first-order valence-electron chi connectivity index (χ1n) is 8.48. The smallest absolute Gasteiger partial charge is 0.269 e. The fraction of sp³-hybridized carbons (Fsp3) is 0.263. The molecule has 3 rings (SSSR count). The van der Waals surface area contributed by atoms with E-state index in [-0.39, 0.29) is 5.91 Å². The number of carbonyl (C=O) groups excluding carboxylic acids is 2. The minimum absolute atomic E-state index is 0.384. The van der Waals surface area contributed by atoms with Gasteiger partial charge in [-0.1, -0.05) is 47.5 Å². The van der Waals surface area contributed by atoms with Gasteiger partial charge in [-0.3, -0.25) is 25.3 Å². The lowest BCUT2D eigenvalue weighted by Gasteiger charge is -2.34. The zero-order valence-corrected chi connectivity index (χ0v) is 16.0. The van der Waals surface area contributed by atoms with Crippen molar-refractivity contribution in [3.05, 3.63) is 69.7 Å². The second-order valence-electron chi connectivity index (χ2n) is 6.03. The molecule has 0 unspecified atom stereocenters. The molecule has 2 amide bonds. The molecule has 0 radical (unpaired) electrons. The van der Waals surface area contributed by atoms with Crippen molar-refractivity contribution in [2.75, 3.05) is 26.3 Å². The van der Waals surface area contributed by atoms with E-state index in [9.17, 15) is 9.59 Å². The summed E-state index contributed by atoms with van der Waals surface area (Å²) in [6.45, 7) is 2.18. The number of ether oxygens (including phenoxy) is 1. The van der Waals surface area contributed by atoms with Gasteiger partial charge in [0.2, 0.25) is 0 Å². The summed E-state index contributed by atoms with van der Waals surface area (Å²) in [5.74, 6) is -0.780. The Morgan fingerprint density at radius 1 is 1.00 bits per heavy atom. The maximum atomic E-state index is 12.9. The first-order chi connectivity index (χ1) is 13.1. The number of rotatable bonds is 4. The third kappa shape index (κ3) is 4.99. The molecule has 1 aliphatic rings. The second-order valence-corrected chi connectivity index (χ2v) is 6.87. The third-order valence-electron chi connectivity index (χ3n) is 4.25. The molecule has 8 heteroatoms. The van der Waals surface area contributed by atoms with Crippen molar-refractivity contribution in [3.63, 3.8) is 0 Å². The van der Waals surface area contributed by atoms with Crippen molar-refractivity contribution in [1.29, 1.82) is 0 Å². The molecule has 0 aliphatic carbocycles. The van der Waals surface area contributed by atoms with E-state index in [1.807, 2.05) is 11.0 Å². The average molecular weight is 408 g/mol. The first kappa shape index (κ1) is 19.6. The van der Waals surface area contributed by atoms with Crippen molar-refractivity contribution in [1.82, 2.24) is 15.8 Å². The molecule has 2 N–H and O–H groups in total. The molecular weight excluding hydrogens is 389 g/mol. The van der Waals surface area contributed by atoms with Crippen LogP contribution in [0.25, 0.3) is 0 Å². The maximum absolute atomic E-state index is 12.9. The molecule has 1 saturated heterocycles. The zero-order chi connectivity index (χ0) is 19.2. The predicted molar refractivity (Wildman–Crippen MR) is 104 cm³/mol. The summed E-state index contributed by atoms with van der Waals surface area (Å²) in [7, 11) is 0. The fourth-order valence-corrected chi connectivity index (χ4v) is 3.42. The highest BCUT2D eigenvalue weighted by Gasteiger charge is 2.31. The van der Waals surface area contributed by atoms with Crippen molar-refractivity contribution >= 4 is 35.0 Å². The number of nitrogens with zero attached hydrogens (tertiary/aromatic N) is 1. The Hall–Kier alpha value is -2.12. The molecule has 0 spiro atoms. The van der Waals surface area contributed by atoms with E-state index in [4.69, 9.17) is 27.9 Å². The predicted octanol–water partition coefficient (Wildman–Crippen LogP) is 2.83. The molecule has 142 valence electrons. The molecule has 1 fully saturated rings. The van der Waals surface area contributed by atoms with Gasteiger partial charge in [-0.05, 0) is 29.8 Å². The third-order valence-corrected chi connectivity index (χ3v) is 4.81. The number of benzene rings is 2. The standard InChI is InChI=1S/C19H19Cl2N3O3/c20-14-6-7-15(16(21)12-14)17(24-8-10-27-11-9-24)19(26)23-22-18(25)13-4-2-1-3-5-13/h1-7,12,17H,8-11H2,(H,22,25)(H,23,26)/t17-/m1/s1. The number of hydrogen-bond acceptors (Lipinski definition) is 4. The van der Waals surface area contributed by atoms with Crippen LogP contribution in [0.4, 0.5) is 0 Å². The zero-order valence-electron chi connectivity index (χ0n) is 14.5. The summed E-state index contributed by atoms with van der Waals surface area (Å²) < 4.78 is 5.37. The highest BCUT2D eigenvalue weighted by molar-refractivity contribution is 6.35. The van der Waals surface area contributed by atoms with Gasteiger partial charge >= 0.3 is 0 Å². The molecule has 1 atom stereocenters. The Bertz CT molecular complexity index is 811. The average Bonchev–Trinajstić information content (AvgIpc) is 2.69. The van der Waals surface area contributed by atoms with Crippen LogP contribution in [0, 0.1) is 0 Å². The van der Waals surface area contributed by atoms with Crippen LogP contribution in [0.1, 0.15) is 22.0 Å². The van der Waals surface area contributed by atoms with Gasteiger partial charge in [0.05, 0.1) is 13.2 Å². The molecule has 2 aromatic rings. The van der Waals surface area contributed by atoms with Crippen LogP contribution in [0.3, 0.4) is 0 Å². The van der Waals surface area contributed by atoms with Crippen LogP contribution >= 0.6 is 23.2 Å². The summed E-state index contributed by atoms with van der Waals surface area (Å²) in [5.41, 5.74) is 6.03. The highest BCUT2D eigenvalue weighted by atomic mass is 35.5. The van der Waals surface area contributed by atoms with Crippen LogP contribution in [-0.2, 0) is 9.53 Å². The van der Waals surface area contributed by atoms with E-state index in [1.54, 1.807) is 42.5 Å². The Kier molecular flexibility index (Phi) is 6.68. The molecule has 6 nitrogen and oxygen atoms in total. The molecule has 0 saturated carbocycles. The number of carbonyl (C=O) groups is 2. The number of hydrazine groups is 1. The quantitative estimate of drug-likeness (QED) is 0.764. The summed E-state index contributed by atoms with van der Waals surface area (Å²) in [6, 6.07) is 13.0. The minimum Gasteiger partial charge on any atom is -0.379 e. The van der Waals surface area contributed by atoms with Crippen LogP contribution < -0.4 is 10.9 Å². The summed E-state index contributed by atoms with van der Waals surface area (Å²) in [4.78, 5) is 27.1. The summed E-state index contributed by atoms with van der Waals surface area (Å²) in [5, 5.41) is 0.880. The first-order valence-corrected chi connectivity index (χ1v) is 9.24. The van der Waals surface area contributed by atoms with Crippen molar-refractivity contribution in [2.45, 2.75) is 6.04 Å². The summed E-state index contributed by atoms with van der Waals surface area (Å²) in [6.07, 6.45) is 0. The molecule has 27 heavy (non-hydrogen) atoms. The Labute approximate surface area is 167 Å². The van der Waals surface area contributed by atoms with E-state index in [2.05, 4.69) is 10.9 Å². The van der Waals surface area contributed by atoms with Gasteiger partial charge in [-0.25, -0.2) is 0 Å². The number of halogens is 2. The van der Waals surface area contributed by atoms with Crippen LogP contribution in [0.2, 0.25) is 10.0 Å². The van der Waals surface area contributed by atoms with Gasteiger partial charge in [0.25, 0.3) is 11.8 Å². The SMILES string of the molecule is O=C(NNC(=O)[C@@H](c1ccc(Cl)cc1Cl)N1CCOCC1)c1ccccc1. The van der Waals surface area contributed by atoms with E-state index in [0.29, 0.717) is 47.5 Å². The van der Waals surface area contributed by atoms with Crippen LogP contribution in [0.5, 0.6) is 0 Å². The molecule has 1 aliphatic heterocycles. The maximum Gasteiger partial charge on any atom is 0.269 e. The lowest BCUT2D eigenvalue weighted by atomic mass is 10.0. The normalized spacial score (nSPS) is 15.8. The number of amides is 2.